The Morgan fingerprint density at radius 3 is 2.46 bits per heavy atom. The zero-order valence-corrected chi connectivity index (χ0v) is 15.4. The molecular formula is C19H21F2N4O3+. The molecule has 0 aliphatic carbocycles. The second kappa shape index (κ2) is 7.53. The van der Waals surface area contributed by atoms with Gasteiger partial charge in [-0.05, 0) is 18.2 Å². The number of benzene rings is 2. The molecule has 2 aromatic rings. The van der Waals surface area contributed by atoms with Gasteiger partial charge in [-0.2, -0.15) is 0 Å². The summed E-state index contributed by atoms with van der Waals surface area (Å²) in [4.78, 5) is 27.1. The average Bonchev–Trinajstić information content (AvgIpc) is 2.63. The summed E-state index contributed by atoms with van der Waals surface area (Å²) >= 11 is 0. The molecule has 1 aliphatic rings. The number of anilines is 2. The van der Waals surface area contributed by atoms with Crippen LogP contribution < -0.4 is 20.4 Å². The summed E-state index contributed by atoms with van der Waals surface area (Å²) in [6.07, 6.45) is 0. The van der Waals surface area contributed by atoms with Crippen LogP contribution in [0.15, 0.2) is 42.5 Å². The van der Waals surface area contributed by atoms with E-state index >= 15 is 0 Å². The van der Waals surface area contributed by atoms with Crippen LogP contribution in [0.5, 0.6) is 0 Å². The summed E-state index contributed by atoms with van der Waals surface area (Å²) < 4.78 is 28.9. The number of urea groups is 1. The molecule has 0 spiro atoms. The molecule has 28 heavy (non-hydrogen) atoms. The van der Waals surface area contributed by atoms with Crippen molar-refractivity contribution in [2.75, 3.05) is 37.4 Å². The number of para-hydroxylation sites is 2. The summed E-state index contributed by atoms with van der Waals surface area (Å²) in [5.41, 5.74) is -3.27. The zero-order chi connectivity index (χ0) is 20.5. The molecule has 7 nitrogen and oxygen atoms in total. The van der Waals surface area contributed by atoms with Gasteiger partial charge in [-0.15, -0.1) is 0 Å². The van der Waals surface area contributed by atoms with Crippen LogP contribution in [0.1, 0.15) is 5.56 Å². The van der Waals surface area contributed by atoms with E-state index in [0.29, 0.717) is 11.4 Å². The second-order valence-electron chi connectivity index (χ2n) is 6.77. The molecule has 0 radical (unpaired) electrons. The average molecular weight is 391 g/mol. The molecule has 9 heteroatoms. The highest BCUT2D eigenvalue weighted by Gasteiger charge is 2.53. The molecule has 1 unspecified atom stereocenters. The monoisotopic (exact) mass is 391 g/mol. The SMILES string of the molecule is C[NH+](C)CCNC(=O)C1(O)c2ccccc2NC(=O)N1c1c(F)cccc1F. The number of carbonyl (C=O) groups is 2. The van der Waals surface area contributed by atoms with Gasteiger partial charge in [0, 0.05) is 5.56 Å². The molecule has 0 aromatic heterocycles. The van der Waals surface area contributed by atoms with E-state index in [9.17, 15) is 23.5 Å². The first kappa shape index (κ1) is 19.7. The van der Waals surface area contributed by atoms with Crippen molar-refractivity contribution < 1.29 is 28.4 Å². The maximum Gasteiger partial charge on any atom is 0.329 e. The van der Waals surface area contributed by atoms with Crippen LogP contribution in [0.3, 0.4) is 0 Å². The Labute approximate surface area is 160 Å². The predicted octanol–water partition coefficient (Wildman–Crippen LogP) is 0.423. The van der Waals surface area contributed by atoms with Crippen molar-refractivity contribution in [3.05, 3.63) is 59.7 Å². The molecule has 148 valence electrons. The van der Waals surface area contributed by atoms with Gasteiger partial charge in [0.1, 0.15) is 17.3 Å². The van der Waals surface area contributed by atoms with Crippen molar-refractivity contribution >= 4 is 23.3 Å². The third-order valence-electron chi connectivity index (χ3n) is 4.46. The lowest BCUT2D eigenvalue weighted by Gasteiger charge is -2.42. The molecule has 1 atom stereocenters. The lowest BCUT2D eigenvalue weighted by molar-refractivity contribution is -0.856. The second-order valence-corrected chi connectivity index (χ2v) is 6.77. The van der Waals surface area contributed by atoms with E-state index in [1.807, 2.05) is 14.1 Å². The molecule has 0 bridgehead atoms. The largest absolute Gasteiger partial charge is 0.359 e. The first-order valence-electron chi connectivity index (χ1n) is 8.71. The maximum atomic E-state index is 14.4. The summed E-state index contributed by atoms with van der Waals surface area (Å²) in [6.45, 7) is 0.741. The van der Waals surface area contributed by atoms with Gasteiger partial charge < -0.3 is 20.6 Å². The van der Waals surface area contributed by atoms with E-state index in [1.165, 1.54) is 12.1 Å². The van der Waals surface area contributed by atoms with Crippen molar-refractivity contribution in [2.24, 2.45) is 0 Å². The quantitative estimate of drug-likeness (QED) is 0.596. The summed E-state index contributed by atoms with van der Waals surface area (Å²) in [7, 11) is 3.76. The predicted molar refractivity (Wildman–Crippen MR) is 98.9 cm³/mol. The topological polar surface area (TPSA) is 86.1 Å². The molecule has 2 aromatic carbocycles. The number of hydrogen-bond acceptors (Lipinski definition) is 3. The summed E-state index contributed by atoms with van der Waals surface area (Å²) in [6, 6.07) is 8.05. The minimum atomic E-state index is -2.64. The molecule has 4 N–H and O–H groups in total. The van der Waals surface area contributed by atoms with E-state index < -0.39 is 35.0 Å². The molecule has 1 aliphatic heterocycles. The first-order chi connectivity index (χ1) is 13.3. The first-order valence-corrected chi connectivity index (χ1v) is 8.71. The highest BCUT2D eigenvalue weighted by Crippen LogP contribution is 2.41. The van der Waals surface area contributed by atoms with Gasteiger partial charge in [0.15, 0.2) is 0 Å². The Hall–Kier alpha value is -3.04. The highest BCUT2D eigenvalue weighted by molar-refractivity contribution is 6.11. The normalized spacial score (nSPS) is 18.6. The minimum Gasteiger partial charge on any atom is -0.359 e. The Morgan fingerprint density at radius 1 is 1.18 bits per heavy atom. The van der Waals surface area contributed by atoms with Crippen LogP contribution in [0.4, 0.5) is 25.0 Å². The van der Waals surface area contributed by atoms with E-state index in [1.54, 1.807) is 12.1 Å². The van der Waals surface area contributed by atoms with E-state index in [2.05, 4.69) is 10.6 Å². The van der Waals surface area contributed by atoms with Gasteiger partial charge in [0.2, 0.25) is 0 Å². The summed E-state index contributed by atoms with van der Waals surface area (Å²) in [5.74, 6) is -3.13. The van der Waals surface area contributed by atoms with Crippen molar-refractivity contribution in [1.82, 2.24) is 5.32 Å². The fourth-order valence-corrected chi connectivity index (χ4v) is 3.07. The number of nitrogens with zero attached hydrogens (tertiary/aromatic N) is 1. The molecule has 3 rings (SSSR count). The lowest BCUT2D eigenvalue weighted by Crippen LogP contribution is -3.06. The fraction of sp³-hybridized carbons (Fsp3) is 0.263. The molecule has 0 fully saturated rings. The summed E-state index contributed by atoms with van der Waals surface area (Å²) in [5, 5.41) is 16.4. The number of likely N-dealkylation sites (N-methyl/N-ethyl adjacent to an activating group) is 1. The van der Waals surface area contributed by atoms with E-state index in [-0.39, 0.29) is 17.8 Å². The number of quaternary nitrogens is 1. The number of rotatable bonds is 5. The van der Waals surface area contributed by atoms with Gasteiger partial charge in [-0.3, -0.25) is 4.79 Å². The molecule has 0 saturated heterocycles. The van der Waals surface area contributed by atoms with Crippen molar-refractivity contribution in [3.8, 4) is 0 Å². The third kappa shape index (κ3) is 3.30. The van der Waals surface area contributed by atoms with E-state index in [4.69, 9.17) is 0 Å². The lowest BCUT2D eigenvalue weighted by atomic mass is 9.94. The van der Waals surface area contributed by atoms with Crippen molar-refractivity contribution in [1.29, 1.82) is 0 Å². The fourth-order valence-electron chi connectivity index (χ4n) is 3.07. The van der Waals surface area contributed by atoms with Gasteiger partial charge in [-0.25, -0.2) is 18.5 Å². The van der Waals surface area contributed by atoms with Gasteiger partial charge in [0.25, 0.3) is 11.6 Å². The zero-order valence-electron chi connectivity index (χ0n) is 15.4. The van der Waals surface area contributed by atoms with Gasteiger partial charge >= 0.3 is 6.03 Å². The van der Waals surface area contributed by atoms with Crippen LogP contribution in [-0.2, 0) is 10.5 Å². The van der Waals surface area contributed by atoms with Crippen LogP contribution >= 0.6 is 0 Å². The highest BCUT2D eigenvalue weighted by atomic mass is 19.1. The van der Waals surface area contributed by atoms with Gasteiger partial charge in [0.05, 0.1) is 32.9 Å². The Bertz CT molecular complexity index is 902. The Balaban J connectivity index is 2.14. The number of halogens is 2. The molecule has 1 heterocycles. The van der Waals surface area contributed by atoms with Crippen LogP contribution in [0.25, 0.3) is 0 Å². The third-order valence-corrected chi connectivity index (χ3v) is 4.46. The molecule has 0 saturated carbocycles. The number of aliphatic hydroxyl groups is 1. The number of nitrogens with one attached hydrogen (secondary N) is 3. The standard InChI is InChI=1S/C19H20F2N4O3/c1-24(2)11-10-22-17(26)19(28)12-6-3-4-9-15(12)23-18(27)25(19)16-13(20)7-5-8-14(16)21/h3-9,28H,10-11H2,1-2H3,(H,22,26)(H,23,27)/p+1. The molecule has 3 amide bonds. The number of fused-ring (bicyclic) bond motifs is 1. The van der Waals surface area contributed by atoms with Crippen LogP contribution in [0, 0.1) is 11.6 Å². The smallest absolute Gasteiger partial charge is 0.329 e. The van der Waals surface area contributed by atoms with E-state index in [0.717, 1.165) is 23.1 Å². The Kier molecular flexibility index (Phi) is 5.30. The maximum absolute atomic E-state index is 14.4. The number of hydrogen-bond donors (Lipinski definition) is 4. The van der Waals surface area contributed by atoms with Crippen LogP contribution in [-0.4, -0.2) is 44.2 Å². The molecular weight excluding hydrogens is 370 g/mol. The van der Waals surface area contributed by atoms with Crippen LogP contribution in [0.2, 0.25) is 0 Å². The minimum absolute atomic E-state index is 0.00644. The number of amides is 3. The van der Waals surface area contributed by atoms with Crippen molar-refractivity contribution in [2.45, 2.75) is 5.72 Å². The Morgan fingerprint density at radius 2 is 1.82 bits per heavy atom. The van der Waals surface area contributed by atoms with Gasteiger partial charge in [-0.1, -0.05) is 24.3 Å². The number of carbonyl (C=O) groups excluding carboxylic acids is 2. The van der Waals surface area contributed by atoms with Crippen molar-refractivity contribution in [3.63, 3.8) is 0 Å².